The lowest BCUT2D eigenvalue weighted by Crippen LogP contribution is -2.21. The fourth-order valence-electron chi connectivity index (χ4n) is 4.19. The van der Waals surface area contributed by atoms with Gasteiger partial charge in [0.2, 0.25) is 0 Å². The molecule has 0 atom stereocenters. The van der Waals surface area contributed by atoms with Crippen molar-refractivity contribution in [2.75, 3.05) is 5.01 Å². The van der Waals surface area contributed by atoms with E-state index in [0.717, 1.165) is 28.1 Å². The number of para-hydroxylation sites is 2. The highest BCUT2D eigenvalue weighted by Gasteiger charge is 2.32. The molecule has 3 heterocycles. The first-order chi connectivity index (χ1) is 17.8. The Kier molecular flexibility index (Phi) is 5.52. The Morgan fingerprint density at radius 2 is 1.28 bits per heavy atom. The third-order valence-electron chi connectivity index (χ3n) is 5.94. The summed E-state index contributed by atoms with van der Waals surface area (Å²) in [6, 6.07) is 33.0. The van der Waals surface area contributed by atoms with Gasteiger partial charge in [-0.1, -0.05) is 66.7 Å². The van der Waals surface area contributed by atoms with Gasteiger partial charge in [-0.3, -0.25) is 9.78 Å². The number of rotatable bonds is 5. The minimum Gasteiger partial charge on any atom is -0.267 e. The van der Waals surface area contributed by atoms with Gasteiger partial charge >= 0.3 is 0 Å². The van der Waals surface area contributed by atoms with Crippen LogP contribution in [-0.2, 0) is 4.79 Å². The first-order valence-corrected chi connectivity index (χ1v) is 11.6. The number of carbonyl (C=O) groups is 1. The highest BCUT2D eigenvalue weighted by molar-refractivity contribution is 6.37. The van der Waals surface area contributed by atoms with Crippen molar-refractivity contribution in [3.8, 4) is 16.9 Å². The first-order valence-electron chi connectivity index (χ1n) is 11.6. The van der Waals surface area contributed by atoms with Gasteiger partial charge in [-0.2, -0.15) is 15.2 Å². The van der Waals surface area contributed by atoms with Gasteiger partial charge in [-0.15, -0.1) is 0 Å². The third-order valence-corrected chi connectivity index (χ3v) is 5.94. The summed E-state index contributed by atoms with van der Waals surface area (Å²) in [4.78, 5) is 17.9. The van der Waals surface area contributed by atoms with Gasteiger partial charge in [-0.05, 0) is 42.5 Å². The number of anilines is 1. The molecule has 0 unspecified atom stereocenters. The zero-order valence-electron chi connectivity index (χ0n) is 19.3. The summed E-state index contributed by atoms with van der Waals surface area (Å²) < 4.78 is 1.83. The number of pyridine rings is 1. The highest BCUT2D eigenvalue weighted by Crippen LogP contribution is 2.31. The summed E-state index contributed by atoms with van der Waals surface area (Å²) in [6.07, 6.45) is 7.31. The van der Waals surface area contributed by atoms with Crippen molar-refractivity contribution < 1.29 is 4.79 Å². The molecule has 1 aliphatic rings. The molecule has 1 amide bonds. The molecule has 2 aromatic heterocycles. The molecule has 6 heteroatoms. The van der Waals surface area contributed by atoms with E-state index in [9.17, 15) is 4.79 Å². The number of hydrogen-bond acceptors (Lipinski definition) is 4. The lowest BCUT2D eigenvalue weighted by atomic mass is 9.99. The monoisotopic (exact) mass is 467 g/mol. The molecule has 0 aliphatic carbocycles. The lowest BCUT2D eigenvalue weighted by Gasteiger charge is -2.10. The SMILES string of the molecule is O=C1/C(=C\c2cn(-c3ccccc3)nc2-c2ccncc2)C(c2ccccc2)=NN1c1ccccc1. The van der Waals surface area contributed by atoms with E-state index < -0.39 is 0 Å². The molecule has 1 aliphatic heterocycles. The molecule has 0 saturated carbocycles. The predicted octanol–water partition coefficient (Wildman–Crippen LogP) is 5.77. The fourth-order valence-corrected chi connectivity index (χ4v) is 4.19. The molecular weight excluding hydrogens is 446 g/mol. The molecule has 0 spiro atoms. The number of carbonyl (C=O) groups excluding carboxylic acids is 1. The Labute approximate surface area is 208 Å². The maximum Gasteiger partial charge on any atom is 0.281 e. The van der Waals surface area contributed by atoms with Crippen LogP contribution in [0.4, 0.5) is 5.69 Å². The van der Waals surface area contributed by atoms with Crippen molar-refractivity contribution in [3.05, 3.63) is 138 Å². The lowest BCUT2D eigenvalue weighted by molar-refractivity contribution is -0.114. The molecule has 0 N–H and O–H groups in total. The molecule has 5 aromatic rings. The van der Waals surface area contributed by atoms with Crippen LogP contribution in [-0.4, -0.2) is 26.4 Å². The van der Waals surface area contributed by atoms with Gasteiger partial charge in [0.05, 0.1) is 16.9 Å². The molecule has 0 bridgehead atoms. The molecule has 36 heavy (non-hydrogen) atoms. The van der Waals surface area contributed by atoms with Gasteiger partial charge in [-0.25, -0.2) is 4.68 Å². The van der Waals surface area contributed by atoms with Gasteiger partial charge < -0.3 is 0 Å². The molecular formula is C30H21N5O. The fraction of sp³-hybridized carbons (Fsp3) is 0. The molecule has 6 nitrogen and oxygen atoms in total. The van der Waals surface area contributed by atoms with E-state index in [1.807, 2.05) is 120 Å². The molecule has 0 radical (unpaired) electrons. The van der Waals surface area contributed by atoms with Crippen molar-refractivity contribution >= 4 is 23.4 Å². The minimum atomic E-state index is -0.187. The zero-order valence-corrected chi connectivity index (χ0v) is 19.3. The Morgan fingerprint density at radius 1 is 0.667 bits per heavy atom. The molecule has 0 saturated heterocycles. The zero-order chi connectivity index (χ0) is 24.3. The van der Waals surface area contributed by atoms with Crippen molar-refractivity contribution in [1.29, 1.82) is 0 Å². The van der Waals surface area contributed by atoms with Crippen molar-refractivity contribution in [1.82, 2.24) is 14.8 Å². The first kappa shape index (κ1) is 21.4. The smallest absolute Gasteiger partial charge is 0.267 e. The van der Waals surface area contributed by atoms with E-state index in [1.165, 1.54) is 5.01 Å². The molecule has 0 fully saturated rings. The van der Waals surface area contributed by atoms with Crippen LogP contribution in [0.2, 0.25) is 0 Å². The van der Waals surface area contributed by atoms with Crippen LogP contribution in [0, 0.1) is 0 Å². The summed E-state index contributed by atoms with van der Waals surface area (Å²) in [7, 11) is 0. The van der Waals surface area contributed by atoms with Crippen LogP contribution in [0.1, 0.15) is 11.1 Å². The van der Waals surface area contributed by atoms with E-state index >= 15 is 0 Å². The van der Waals surface area contributed by atoms with E-state index in [-0.39, 0.29) is 5.91 Å². The summed E-state index contributed by atoms with van der Waals surface area (Å²) in [5.74, 6) is -0.187. The van der Waals surface area contributed by atoms with Crippen LogP contribution in [0.3, 0.4) is 0 Å². The molecule has 172 valence electrons. The number of nitrogens with zero attached hydrogens (tertiary/aromatic N) is 5. The average Bonchev–Trinajstić information content (AvgIpc) is 3.52. The number of benzene rings is 3. The van der Waals surface area contributed by atoms with E-state index in [2.05, 4.69) is 4.98 Å². The third kappa shape index (κ3) is 4.01. The van der Waals surface area contributed by atoms with Crippen molar-refractivity contribution in [2.45, 2.75) is 0 Å². The number of hydrazone groups is 1. The normalized spacial score (nSPS) is 14.3. The van der Waals surface area contributed by atoms with Crippen LogP contribution in [0.25, 0.3) is 23.0 Å². The van der Waals surface area contributed by atoms with Gasteiger partial charge in [0.15, 0.2) is 0 Å². The standard InChI is InChI=1S/C30H21N5O/c36-30-27(29(22-10-4-1-5-11-22)33-35(30)26-14-8-3-9-15-26)20-24-21-34(25-12-6-2-7-13-25)32-28(24)23-16-18-31-19-17-23/h1-21H/b27-20-. The quantitative estimate of drug-likeness (QED) is 0.308. The van der Waals surface area contributed by atoms with Gasteiger partial charge in [0.1, 0.15) is 11.4 Å². The summed E-state index contributed by atoms with van der Waals surface area (Å²) in [5, 5.41) is 11.1. The topological polar surface area (TPSA) is 63.4 Å². The summed E-state index contributed by atoms with van der Waals surface area (Å²) in [6.45, 7) is 0. The second kappa shape index (κ2) is 9.27. The largest absolute Gasteiger partial charge is 0.281 e. The van der Waals surface area contributed by atoms with Gasteiger partial charge in [0, 0.05) is 35.3 Å². The van der Waals surface area contributed by atoms with Crippen molar-refractivity contribution in [3.63, 3.8) is 0 Å². The van der Waals surface area contributed by atoms with Crippen LogP contribution in [0.15, 0.2) is 132 Å². The van der Waals surface area contributed by atoms with E-state index in [0.29, 0.717) is 17.0 Å². The van der Waals surface area contributed by atoms with Crippen LogP contribution in [0.5, 0.6) is 0 Å². The second-order valence-electron chi connectivity index (χ2n) is 8.27. The Morgan fingerprint density at radius 3 is 1.94 bits per heavy atom. The number of aromatic nitrogens is 3. The number of hydrogen-bond donors (Lipinski definition) is 0. The Bertz CT molecular complexity index is 1570. The van der Waals surface area contributed by atoms with E-state index in [1.54, 1.807) is 12.4 Å². The highest BCUT2D eigenvalue weighted by atomic mass is 16.2. The van der Waals surface area contributed by atoms with Crippen LogP contribution < -0.4 is 5.01 Å². The molecule has 6 rings (SSSR count). The predicted molar refractivity (Wildman–Crippen MR) is 142 cm³/mol. The average molecular weight is 468 g/mol. The summed E-state index contributed by atoms with van der Waals surface area (Å²) in [5.41, 5.74) is 6.13. The Hall–Kier alpha value is -5.10. The summed E-state index contributed by atoms with van der Waals surface area (Å²) >= 11 is 0. The van der Waals surface area contributed by atoms with Crippen molar-refractivity contribution in [2.24, 2.45) is 5.10 Å². The van der Waals surface area contributed by atoms with E-state index in [4.69, 9.17) is 10.2 Å². The maximum absolute atomic E-state index is 13.7. The maximum atomic E-state index is 13.7. The Balaban J connectivity index is 1.52. The van der Waals surface area contributed by atoms with Crippen LogP contribution >= 0.6 is 0 Å². The molecule has 3 aromatic carbocycles. The van der Waals surface area contributed by atoms with Gasteiger partial charge in [0.25, 0.3) is 5.91 Å². The minimum absolute atomic E-state index is 0.187. The second-order valence-corrected chi connectivity index (χ2v) is 8.27. The number of amides is 1.